The SMILES string of the molecule is CCOC(=O)c1cnc2c(F)c(Cl)ccc2c1NC. The lowest BCUT2D eigenvalue weighted by Crippen LogP contribution is -2.09. The van der Waals surface area contributed by atoms with E-state index < -0.39 is 11.8 Å². The Morgan fingerprint density at radius 1 is 1.53 bits per heavy atom. The van der Waals surface area contributed by atoms with Gasteiger partial charge in [0.25, 0.3) is 0 Å². The Labute approximate surface area is 114 Å². The molecule has 0 saturated heterocycles. The van der Waals surface area contributed by atoms with Gasteiger partial charge < -0.3 is 10.1 Å². The first-order valence-electron chi connectivity index (χ1n) is 5.71. The number of hydrogen-bond acceptors (Lipinski definition) is 4. The number of halogens is 2. The van der Waals surface area contributed by atoms with Crippen LogP contribution < -0.4 is 5.32 Å². The highest BCUT2D eigenvalue weighted by Gasteiger charge is 2.18. The van der Waals surface area contributed by atoms with Crippen LogP contribution in [-0.2, 0) is 4.74 Å². The van der Waals surface area contributed by atoms with E-state index in [1.54, 1.807) is 20.0 Å². The van der Waals surface area contributed by atoms with Crippen molar-refractivity contribution in [3.63, 3.8) is 0 Å². The maximum atomic E-state index is 13.9. The Kier molecular flexibility index (Phi) is 3.85. The normalized spacial score (nSPS) is 10.5. The minimum Gasteiger partial charge on any atom is -0.462 e. The molecule has 0 aliphatic heterocycles. The molecule has 0 aliphatic carbocycles. The van der Waals surface area contributed by atoms with Crippen LogP contribution in [0.5, 0.6) is 0 Å². The predicted octanol–water partition coefficient (Wildman–Crippen LogP) is 3.25. The van der Waals surface area contributed by atoms with E-state index in [1.165, 1.54) is 12.3 Å². The van der Waals surface area contributed by atoms with Gasteiger partial charge in [0.1, 0.15) is 11.1 Å². The zero-order valence-corrected chi connectivity index (χ0v) is 11.2. The molecule has 0 fully saturated rings. The third kappa shape index (κ3) is 2.33. The molecule has 4 nitrogen and oxygen atoms in total. The van der Waals surface area contributed by atoms with E-state index in [0.717, 1.165) is 0 Å². The molecule has 0 atom stereocenters. The van der Waals surface area contributed by atoms with Gasteiger partial charge in [0, 0.05) is 18.6 Å². The Hall–Kier alpha value is -1.88. The van der Waals surface area contributed by atoms with Crippen molar-refractivity contribution in [3.05, 3.63) is 34.7 Å². The van der Waals surface area contributed by atoms with E-state index in [9.17, 15) is 9.18 Å². The van der Waals surface area contributed by atoms with E-state index in [-0.39, 0.29) is 22.7 Å². The molecule has 1 aromatic carbocycles. The summed E-state index contributed by atoms with van der Waals surface area (Å²) >= 11 is 5.71. The fraction of sp³-hybridized carbons (Fsp3) is 0.231. The highest BCUT2D eigenvalue weighted by atomic mass is 35.5. The van der Waals surface area contributed by atoms with Crippen molar-refractivity contribution in [1.82, 2.24) is 4.98 Å². The molecule has 1 N–H and O–H groups in total. The van der Waals surface area contributed by atoms with Gasteiger partial charge in [-0.1, -0.05) is 11.6 Å². The molecule has 6 heteroatoms. The third-order valence-corrected chi connectivity index (χ3v) is 2.97. The predicted molar refractivity (Wildman–Crippen MR) is 72.2 cm³/mol. The van der Waals surface area contributed by atoms with Gasteiger partial charge in [-0.15, -0.1) is 0 Å². The Morgan fingerprint density at radius 2 is 2.26 bits per heavy atom. The fourth-order valence-electron chi connectivity index (χ4n) is 1.84. The largest absolute Gasteiger partial charge is 0.462 e. The standard InChI is InChI=1S/C13H12ClFN2O2/c1-3-19-13(18)8-6-17-12-7(11(8)16-2)4-5-9(14)10(12)15/h4-6H,3H2,1-2H3,(H,16,17). The van der Waals surface area contributed by atoms with E-state index >= 15 is 0 Å². The summed E-state index contributed by atoms with van der Waals surface area (Å²) in [6.07, 6.45) is 1.28. The summed E-state index contributed by atoms with van der Waals surface area (Å²) in [4.78, 5) is 15.8. The number of rotatable bonds is 3. The lowest BCUT2D eigenvalue weighted by Gasteiger charge is -2.11. The van der Waals surface area contributed by atoms with Crippen molar-refractivity contribution in [2.75, 3.05) is 19.0 Å². The van der Waals surface area contributed by atoms with Gasteiger partial charge in [-0.3, -0.25) is 4.98 Å². The second kappa shape index (κ2) is 5.40. The molecular formula is C13H12ClFN2O2. The van der Waals surface area contributed by atoms with Crippen LogP contribution in [0.1, 0.15) is 17.3 Å². The van der Waals surface area contributed by atoms with E-state index in [4.69, 9.17) is 16.3 Å². The molecule has 0 saturated carbocycles. The lowest BCUT2D eigenvalue weighted by atomic mass is 10.1. The van der Waals surface area contributed by atoms with Crippen LogP contribution in [0.25, 0.3) is 10.9 Å². The van der Waals surface area contributed by atoms with E-state index in [1.807, 2.05) is 0 Å². The smallest absolute Gasteiger partial charge is 0.341 e. The molecule has 2 rings (SSSR count). The third-order valence-electron chi connectivity index (χ3n) is 2.68. The monoisotopic (exact) mass is 282 g/mol. The maximum absolute atomic E-state index is 13.9. The van der Waals surface area contributed by atoms with E-state index in [2.05, 4.69) is 10.3 Å². The fourth-order valence-corrected chi connectivity index (χ4v) is 1.99. The Bertz CT molecular complexity index is 646. The first-order valence-corrected chi connectivity index (χ1v) is 6.09. The van der Waals surface area contributed by atoms with Crippen LogP contribution >= 0.6 is 11.6 Å². The topological polar surface area (TPSA) is 51.2 Å². The average molecular weight is 283 g/mol. The summed E-state index contributed by atoms with van der Waals surface area (Å²) in [5.41, 5.74) is 0.850. The number of nitrogens with zero attached hydrogens (tertiary/aromatic N) is 1. The highest BCUT2D eigenvalue weighted by Crippen LogP contribution is 2.30. The van der Waals surface area contributed by atoms with Crippen LogP contribution in [0.2, 0.25) is 5.02 Å². The van der Waals surface area contributed by atoms with E-state index in [0.29, 0.717) is 11.1 Å². The second-order valence-electron chi connectivity index (χ2n) is 3.77. The second-order valence-corrected chi connectivity index (χ2v) is 4.18. The van der Waals surface area contributed by atoms with Gasteiger partial charge in [-0.2, -0.15) is 0 Å². The van der Waals surface area contributed by atoms with Crippen molar-refractivity contribution in [1.29, 1.82) is 0 Å². The number of aromatic nitrogens is 1. The van der Waals surface area contributed by atoms with Crippen molar-refractivity contribution >= 4 is 34.2 Å². The molecule has 0 bridgehead atoms. The van der Waals surface area contributed by atoms with Crippen molar-refractivity contribution in [2.24, 2.45) is 0 Å². The molecule has 100 valence electrons. The lowest BCUT2D eigenvalue weighted by molar-refractivity contribution is 0.0527. The van der Waals surface area contributed by atoms with Gasteiger partial charge in [-0.05, 0) is 19.1 Å². The van der Waals surface area contributed by atoms with Crippen molar-refractivity contribution in [3.8, 4) is 0 Å². The minimum atomic E-state index is -0.605. The first-order chi connectivity index (χ1) is 9.10. The number of benzene rings is 1. The van der Waals surface area contributed by atoms with Crippen LogP contribution in [0, 0.1) is 5.82 Å². The van der Waals surface area contributed by atoms with Crippen LogP contribution in [-0.4, -0.2) is 24.6 Å². The van der Waals surface area contributed by atoms with Gasteiger partial charge >= 0.3 is 5.97 Å². The number of hydrogen-bond donors (Lipinski definition) is 1. The van der Waals surface area contributed by atoms with Crippen LogP contribution in [0.3, 0.4) is 0 Å². The number of ether oxygens (including phenoxy) is 1. The summed E-state index contributed by atoms with van der Waals surface area (Å²) in [5, 5.41) is 3.35. The molecule has 0 unspecified atom stereocenters. The number of nitrogens with one attached hydrogen (secondary N) is 1. The van der Waals surface area contributed by atoms with Crippen molar-refractivity contribution in [2.45, 2.75) is 6.92 Å². The molecule has 0 radical (unpaired) electrons. The first kappa shape index (κ1) is 13.5. The molecule has 0 spiro atoms. The highest BCUT2D eigenvalue weighted by molar-refractivity contribution is 6.31. The minimum absolute atomic E-state index is 0.00839. The number of pyridine rings is 1. The van der Waals surface area contributed by atoms with Gasteiger partial charge in [0.2, 0.25) is 0 Å². The maximum Gasteiger partial charge on any atom is 0.341 e. The number of carbonyl (C=O) groups is 1. The number of anilines is 1. The summed E-state index contributed by atoms with van der Waals surface area (Å²) in [5.74, 6) is -1.11. The molecular weight excluding hydrogens is 271 g/mol. The summed E-state index contributed by atoms with van der Waals surface area (Å²) < 4.78 is 18.8. The van der Waals surface area contributed by atoms with Gasteiger partial charge in [0.15, 0.2) is 5.82 Å². The average Bonchev–Trinajstić information content (AvgIpc) is 2.41. The van der Waals surface area contributed by atoms with Crippen molar-refractivity contribution < 1.29 is 13.9 Å². The molecule has 1 aromatic heterocycles. The quantitative estimate of drug-likeness (QED) is 0.878. The summed E-state index contributed by atoms with van der Waals surface area (Å²) in [6, 6.07) is 3.04. The zero-order chi connectivity index (χ0) is 14.0. The number of carbonyl (C=O) groups excluding carboxylic acids is 1. The molecule has 2 aromatic rings. The number of fused-ring (bicyclic) bond motifs is 1. The molecule has 0 amide bonds. The molecule has 1 heterocycles. The Morgan fingerprint density at radius 3 is 2.89 bits per heavy atom. The van der Waals surface area contributed by atoms with Crippen LogP contribution in [0.4, 0.5) is 10.1 Å². The Balaban J connectivity index is 2.70. The summed E-state index contributed by atoms with van der Waals surface area (Å²) in [7, 11) is 1.64. The van der Waals surface area contributed by atoms with Crippen LogP contribution in [0.15, 0.2) is 18.3 Å². The summed E-state index contributed by atoms with van der Waals surface area (Å²) in [6.45, 7) is 1.97. The number of esters is 1. The molecule has 0 aliphatic rings. The molecule has 19 heavy (non-hydrogen) atoms. The zero-order valence-electron chi connectivity index (χ0n) is 10.5. The van der Waals surface area contributed by atoms with Gasteiger partial charge in [-0.25, -0.2) is 9.18 Å². The van der Waals surface area contributed by atoms with Gasteiger partial charge in [0.05, 0.1) is 17.3 Å².